The molecule has 9 aromatic rings. The molecule has 29 heteroatoms. The molecule has 0 aliphatic heterocycles. The Labute approximate surface area is 540 Å². The highest BCUT2D eigenvalue weighted by atomic mass is 127. The maximum Gasteiger partial charge on any atom is 0.331 e. The summed E-state index contributed by atoms with van der Waals surface area (Å²) in [6.07, 6.45) is 11.8. The average Bonchev–Trinajstić information content (AvgIpc) is 1.70. The van der Waals surface area contributed by atoms with Gasteiger partial charge in [-0.25, -0.2) is 4.79 Å². The summed E-state index contributed by atoms with van der Waals surface area (Å²) >= 11 is 7.39. The zero-order valence-corrected chi connectivity index (χ0v) is 53.2. The second-order valence-electron chi connectivity index (χ2n) is 16.8. The van der Waals surface area contributed by atoms with Crippen molar-refractivity contribution in [2.75, 3.05) is 115 Å². The number of alkyl halides is 1. The van der Waals surface area contributed by atoms with Gasteiger partial charge in [-0.05, 0) is 126 Å². The van der Waals surface area contributed by atoms with Gasteiger partial charge in [0.25, 0.3) is 0 Å². The number of aromatic amines is 1. The maximum absolute atomic E-state index is 12.1. The number of methoxy groups -OCH3 is 4. The number of halogens is 2. The number of ether oxygens (including phenoxy) is 8. The molecule has 5 heterocycles. The number of nitrogens with zero attached hydrogens (tertiary/aromatic N) is 8. The van der Waals surface area contributed by atoms with Crippen LogP contribution in [0.15, 0.2) is 176 Å². The summed E-state index contributed by atoms with van der Waals surface area (Å²) in [5, 5.41) is 41.6. The summed E-state index contributed by atoms with van der Waals surface area (Å²) in [6, 6.07) is 37.8. The van der Waals surface area contributed by atoms with Crippen LogP contribution in [0, 0.1) is 31.6 Å². The molecule has 0 aliphatic rings. The fourth-order valence-electron chi connectivity index (χ4n) is 6.68. The molecule has 0 fully saturated rings. The van der Waals surface area contributed by atoms with E-state index in [1.807, 2.05) is 101 Å². The second kappa shape index (κ2) is 46.4. The molecule has 0 saturated carbocycles. The van der Waals surface area contributed by atoms with E-state index >= 15 is 0 Å². The van der Waals surface area contributed by atoms with Crippen LogP contribution in [0.1, 0.15) is 8.29 Å². The Hall–Kier alpha value is -9.74. The van der Waals surface area contributed by atoms with Gasteiger partial charge in [-0.2, -0.15) is 5.26 Å². The number of nitriles is 1. The number of benzene rings is 4. The molecule has 0 radical (unpaired) electrons. The van der Waals surface area contributed by atoms with Gasteiger partial charge < -0.3 is 70.1 Å². The van der Waals surface area contributed by atoms with Crippen LogP contribution in [0.5, 0.6) is 23.0 Å². The van der Waals surface area contributed by atoms with Crippen molar-refractivity contribution in [1.82, 2.24) is 29.5 Å². The van der Waals surface area contributed by atoms with Crippen molar-refractivity contribution in [3.8, 4) is 34.8 Å². The zero-order valence-electron chi connectivity index (χ0n) is 51.3. The highest BCUT2D eigenvalue weighted by Gasteiger charge is 2.14. The van der Waals surface area contributed by atoms with Gasteiger partial charge in [-0.15, -0.1) is 0 Å². The minimum Gasteiger partial charge on any atom is -0.491 e. The van der Waals surface area contributed by atoms with E-state index in [0.29, 0.717) is 80.4 Å². The molecule has 8 N–H and O–H groups in total. The molecule has 0 bridgehead atoms. The smallest absolute Gasteiger partial charge is 0.331 e. The van der Waals surface area contributed by atoms with Crippen molar-refractivity contribution in [2.24, 2.45) is 0 Å². The van der Waals surface area contributed by atoms with Gasteiger partial charge in [0.1, 0.15) is 72.5 Å². The number of nitrogens with one attached hydrogen (secondary N) is 3. The van der Waals surface area contributed by atoms with Crippen LogP contribution >= 0.6 is 34.2 Å². The lowest BCUT2D eigenvalue weighted by Crippen LogP contribution is -2.14. The fourth-order valence-corrected chi connectivity index (χ4v) is 6.86. The predicted octanol–water partition coefficient (Wildman–Crippen LogP) is 11.1. The molecule has 0 unspecified atom stereocenters. The first-order chi connectivity index (χ1) is 44.2. The normalized spacial score (nSPS) is 9.76. The van der Waals surface area contributed by atoms with E-state index in [2.05, 4.69) is 35.6 Å². The quantitative estimate of drug-likeness (QED) is 0.00865. The third kappa shape index (κ3) is 29.3. The first-order valence-electron chi connectivity index (χ1n) is 27.2. The number of H-pyrrole nitrogens is 1. The van der Waals surface area contributed by atoms with Crippen LogP contribution in [0.2, 0.25) is 5.02 Å². The van der Waals surface area contributed by atoms with Crippen molar-refractivity contribution < 1.29 is 54.2 Å². The van der Waals surface area contributed by atoms with E-state index in [0.717, 1.165) is 64.5 Å². The van der Waals surface area contributed by atoms with Crippen LogP contribution < -0.4 is 46.7 Å². The van der Waals surface area contributed by atoms with E-state index in [1.54, 1.807) is 100 Å². The second-order valence-corrected chi connectivity index (χ2v) is 17.2. The fraction of sp³-hybridized carbons (Fsp3) is 0.246. The summed E-state index contributed by atoms with van der Waals surface area (Å²) < 4.78 is 49.1. The largest absolute Gasteiger partial charge is 0.491 e. The summed E-state index contributed by atoms with van der Waals surface area (Å²) in [7, 11) is 7.53. The molecular formula is C61H73ClIN13O14. The summed E-state index contributed by atoms with van der Waals surface area (Å²) in [6.45, 7) is 5.74. The standard InChI is InChI=1S/C15H15N3O3.C14H15N3O4.C14H17N3O2.C9H13NO2.C5H3ClN2O2.C2H3N.CH3I.CH4O/c1-20-8-9-21-12-4-2-11(3-5-12)18-14-6-7-16-10-13(14)17-15(18)19;1-20-8-9-21-12-4-2-11(3-5-12)16-13-6-7-15-10-14(13)17(18)19;1-18-8-9-19-12-4-2-11(3-5-12)17-14-6-7-16-10-13(14)15;1-11-6-7-12-9-4-2-8(10)3-5-9;6-4-1-2-7-3-5(4)8(9)10;1-2-3;2*1-2/h2-7,10H,8-9H2,1H3,(H,17,19);2-7,10H,8-9H2,1H3,(H,15,16);2-7,10H,8-9,15H2,1H3,(H,16,17);2-5H,6-7,10H2,1H3;1-3H;1H3;1H3;2H,1H3/i;;;;;;1D;. The molecule has 0 saturated heterocycles. The number of nitrogens with two attached hydrogens (primary N) is 2. The van der Waals surface area contributed by atoms with Crippen LogP contribution in [0.25, 0.3) is 16.7 Å². The lowest BCUT2D eigenvalue weighted by Gasteiger charge is -2.10. The van der Waals surface area contributed by atoms with Gasteiger partial charge in [0, 0.05) is 85.7 Å². The maximum atomic E-state index is 12.1. The lowest BCUT2D eigenvalue weighted by molar-refractivity contribution is -0.385. The molecule has 4 aromatic carbocycles. The van der Waals surface area contributed by atoms with E-state index < -0.39 is 9.85 Å². The van der Waals surface area contributed by atoms with Crippen molar-refractivity contribution in [3.63, 3.8) is 0 Å². The molecule has 90 heavy (non-hydrogen) atoms. The Morgan fingerprint density at radius 2 is 0.967 bits per heavy atom. The van der Waals surface area contributed by atoms with Crippen molar-refractivity contribution >= 4 is 90.7 Å². The number of hydrogen-bond donors (Lipinski definition) is 6. The van der Waals surface area contributed by atoms with Gasteiger partial charge in [0.15, 0.2) is 0 Å². The van der Waals surface area contributed by atoms with E-state index in [-0.39, 0.29) is 22.1 Å². The van der Waals surface area contributed by atoms with E-state index in [9.17, 15) is 25.0 Å². The Kier molecular flexibility index (Phi) is 38.4. The van der Waals surface area contributed by atoms with Crippen molar-refractivity contribution in [3.05, 3.63) is 207 Å². The Morgan fingerprint density at radius 3 is 1.38 bits per heavy atom. The number of rotatable bonds is 23. The average molecular weight is 1380 g/mol. The molecule has 0 amide bonds. The summed E-state index contributed by atoms with van der Waals surface area (Å²) in [5.41, 5.74) is 17.4. The van der Waals surface area contributed by atoms with E-state index in [1.165, 1.54) is 31.6 Å². The number of nitro groups is 2. The molecule has 5 aromatic heterocycles. The third-order valence-corrected chi connectivity index (χ3v) is 11.1. The lowest BCUT2D eigenvalue weighted by atomic mass is 10.2. The highest BCUT2D eigenvalue weighted by molar-refractivity contribution is 14.1. The molecule has 27 nitrogen and oxygen atoms in total. The van der Waals surface area contributed by atoms with Crippen LogP contribution in [-0.4, -0.2) is 138 Å². The monoisotopic (exact) mass is 1370 g/mol. The van der Waals surface area contributed by atoms with Gasteiger partial charge in [0.2, 0.25) is 0 Å². The Bertz CT molecular complexity index is 3540. The number of aliphatic hydroxyl groups excluding tert-OH is 1. The molecule has 0 atom stereocenters. The first kappa shape index (κ1) is 74.5. The van der Waals surface area contributed by atoms with E-state index in [4.69, 9.17) is 72.7 Å². The Morgan fingerprint density at radius 1 is 0.600 bits per heavy atom. The molecule has 480 valence electrons. The Balaban J connectivity index is 0.000000384. The number of aliphatic hydroxyl groups is 1. The number of pyridine rings is 4. The third-order valence-electron chi connectivity index (χ3n) is 10.7. The predicted molar refractivity (Wildman–Crippen MR) is 356 cm³/mol. The topological polar surface area (TPSA) is 370 Å². The molecule has 9 rings (SSSR count). The summed E-state index contributed by atoms with van der Waals surface area (Å²) in [4.78, 5) is 50.5. The van der Waals surface area contributed by atoms with Crippen LogP contribution in [0.4, 0.5) is 45.5 Å². The van der Waals surface area contributed by atoms with Gasteiger partial charge >= 0.3 is 17.1 Å². The number of aromatic nitrogens is 6. The number of fused-ring (bicyclic) bond motifs is 1. The zero-order chi connectivity index (χ0) is 67.0. The van der Waals surface area contributed by atoms with Crippen LogP contribution in [0.3, 0.4) is 0 Å². The van der Waals surface area contributed by atoms with Gasteiger partial charge in [0.05, 0.1) is 82.8 Å². The number of nitrogen functional groups attached to an aromatic ring is 2. The first-order valence-corrected chi connectivity index (χ1v) is 28.4. The number of hydrogen-bond acceptors (Lipinski definition) is 23. The molecular weight excluding hydrogens is 1300 g/mol. The number of imidazole rings is 1. The van der Waals surface area contributed by atoms with Crippen molar-refractivity contribution in [2.45, 2.75) is 6.92 Å². The SMILES string of the molecule is CC#N.CO.COCCOc1ccc(-n2c(=O)[nH]c3cnccc32)cc1.COCCOc1ccc(N)cc1.COCCOc1ccc(Nc2ccncc2N)cc1.COCCOc1ccc(Nc2ccncc2[N+](=O)[O-])cc1.O=[N+]([O-])c1cnccc1Cl.[2H]CI. The molecule has 0 spiro atoms. The summed E-state index contributed by atoms with van der Waals surface area (Å²) in [5.74, 6) is 3.08. The van der Waals surface area contributed by atoms with Gasteiger partial charge in [-0.3, -0.25) is 44.7 Å². The minimum absolute atomic E-state index is 0.0714. The minimum atomic E-state index is -0.574. The molecule has 0 aliphatic carbocycles. The van der Waals surface area contributed by atoms with Crippen molar-refractivity contribution in [1.29, 1.82) is 5.26 Å². The highest BCUT2D eigenvalue weighted by Crippen LogP contribution is 2.28. The van der Waals surface area contributed by atoms with Crippen LogP contribution in [-0.2, 0) is 18.9 Å². The van der Waals surface area contributed by atoms with Gasteiger partial charge in [-0.1, -0.05) is 34.2 Å². The number of anilines is 6.